The van der Waals surface area contributed by atoms with Gasteiger partial charge in [0.1, 0.15) is 5.75 Å². The van der Waals surface area contributed by atoms with Crippen molar-refractivity contribution in [2.45, 2.75) is 6.92 Å². The molecule has 1 aromatic heterocycles. The lowest BCUT2D eigenvalue weighted by Gasteiger charge is -2.12. The Hall–Kier alpha value is -3.22. The highest BCUT2D eigenvalue weighted by Crippen LogP contribution is 2.31. The van der Waals surface area contributed by atoms with Crippen molar-refractivity contribution in [3.05, 3.63) is 58.3 Å². The fourth-order valence-corrected chi connectivity index (χ4v) is 2.23. The predicted octanol–water partition coefficient (Wildman–Crippen LogP) is 3.60. The Balaban J connectivity index is 2.01. The molecule has 0 aliphatic carbocycles. The summed E-state index contributed by atoms with van der Waals surface area (Å²) in [5.74, 6) is 0.949. The van der Waals surface area contributed by atoms with Crippen molar-refractivity contribution in [2.24, 2.45) is 0 Å². The van der Waals surface area contributed by atoms with Gasteiger partial charge in [-0.25, -0.2) is 9.97 Å². The van der Waals surface area contributed by atoms with Crippen LogP contribution in [-0.4, -0.2) is 22.0 Å². The number of nitrogens with zero attached hydrogens (tertiary/aromatic N) is 3. The van der Waals surface area contributed by atoms with E-state index in [0.29, 0.717) is 17.3 Å². The number of hydrogen-bond acceptors (Lipinski definition) is 6. The Labute approximate surface area is 132 Å². The zero-order chi connectivity index (χ0) is 16.4. The first-order chi connectivity index (χ1) is 11.1. The summed E-state index contributed by atoms with van der Waals surface area (Å²) in [5, 5.41) is 14.0. The van der Waals surface area contributed by atoms with Crippen LogP contribution in [0.3, 0.4) is 0 Å². The Kier molecular flexibility index (Phi) is 3.76. The van der Waals surface area contributed by atoms with Crippen molar-refractivity contribution in [3.8, 4) is 5.75 Å². The number of benzene rings is 2. The van der Waals surface area contributed by atoms with E-state index in [1.54, 1.807) is 6.07 Å². The van der Waals surface area contributed by atoms with Crippen LogP contribution in [0.25, 0.3) is 11.0 Å². The Morgan fingerprint density at radius 3 is 2.48 bits per heavy atom. The second kappa shape index (κ2) is 5.88. The van der Waals surface area contributed by atoms with E-state index in [4.69, 9.17) is 4.74 Å². The molecular weight excluding hydrogens is 296 g/mol. The van der Waals surface area contributed by atoms with Gasteiger partial charge in [0.2, 0.25) is 0 Å². The largest absolute Gasteiger partial charge is 0.494 e. The molecule has 0 fully saturated rings. The normalized spacial score (nSPS) is 10.5. The van der Waals surface area contributed by atoms with Gasteiger partial charge in [0.25, 0.3) is 5.69 Å². The first-order valence-corrected chi connectivity index (χ1v) is 6.91. The molecule has 0 aliphatic heterocycles. The first kappa shape index (κ1) is 14.7. The fourth-order valence-electron chi connectivity index (χ4n) is 2.23. The van der Waals surface area contributed by atoms with Crippen molar-refractivity contribution < 1.29 is 9.66 Å². The van der Waals surface area contributed by atoms with Gasteiger partial charge >= 0.3 is 0 Å². The smallest absolute Gasteiger partial charge is 0.273 e. The van der Waals surface area contributed by atoms with Gasteiger partial charge in [0.15, 0.2) is 5.82 Å². The lowest BCUT2D eigenvalue weighted by atomic mass is 10.2. The summed E-state index contributed by atoms with van der Waals surface area (Å²) in [4.78, 5) is 19.4. The number of nitro groups is 1. The molecule has 0 bridgehead atoms. The van der Waals surface area contributed by atoms with E-state index in [9.17, 15) is 10.1 Å². The standard InChI is InChI=1S/C16H14N4O3/c1-10-16(18-13-6-4-3-5-12(13)17-10)19-14-8-7-11(20(21)22)9-15(14)23-2/h3-9H,1-2H3,(H,18,19). The SMILES string of the molecule is COc1cc([N+](=O)[O-])ccc1Nc1nc2ccccc2nc1C. The number of nitro benzene ring substituents is 1. The van der Waals surface area contributed by atoms with E-state index in [1.165, 1.54) is 19.2 Å². The lowest BCUT2D eigenvalue weighted by Crippen LogP contribution is -2.01. The molecule has 0 saturated carbocycles. The van der Waals surface area contributed by atoms with Crippen molar-refractivity contribution in [1.82, 2.24) is 9.97 Å². The number of ether oxygens (including phenoxy) is 1. The molecule has 3 aromatic rings. The van der Waals surface area contributed by atoms with Crippen molar-refractivity contribution in [2.75, 3.05) is 12.4 Å². The van der Waals surface area contributed by atoms with Crippen LogP contribution in [0.5, 0.6) is 5.75 Å². The van der Waals surface area contributed by atoms with E-state index in [0.717, 1.165) is 16.7 Å². The third-order valence-electron chi connectivity index (χ3n) is 3.39. The van der Waals surface area contributed by atoms with Crippen LogP contribution in [0.15, 0.2) is 42.5 Å². The maximum atomic E-state index is 10.8. The highest BCUT2D eigenvalue weighted by molar-refractivity contribution is 5.78. The predicted molar refractivity (Wildman–Crippen MR) is 87.2 cm³/mol. The van der Waals surface area contributed by atoms with Crippen LogP contribution < -0.4 is 10.1 Å². The maximum Gasteiger partial charge on any atom is 0.273 e. The number of para-hydroxylation sites is 2. The molecule has 0 amide bonds. The van der Waals surface area contributed by atoms with E-state index in [-0.39, 0.29) is 5.69 Å². The fraction of sp³-hybridized carbons (Fsp3) is 0.125. The Morgan fingerprint density at radius 1 is 1.13 bits per heavy atom. The second-order valence-electron chi connectivity index (χ2n) is 4.91. The molecule has 7 heteroatoms. The van der Waals surface area contributed by atoms with Gasteiger partial charge in [0.05, 0.1) is 40.5 Å². The number of aromatic nitrogens is 2. The molecule has 1 heterocycles. The van der Waals surface area contributed by atoms with Gasteiger partial charge in [-0.15, -0.1) is 0 Å². The number of nitrogens with one attached hydrogen (secondary N) is 1. The van der Waals surface area contributed by atoms with Crippen molar-refractivity contribution in [1.29, 1.82) is 0 Å². The molecule has 0 saturated heterocycles. The van der Waals surface area contributed by atoms with Gasteiger partial charge < -0.3 is 10.1 Å². The molecule has 0 spiro atoms. The van der Waals surface area contributed by atoms with E-state index >= 15 is 0 Å². The molecule has 23 heavy (non-hydrogen) atoms. The zero-order valence-electron chi connectivity index (χ0n) is 12.6. The highest BCUT2D eigenvalue weighted by Gasteiger charge is 2.13. The van der Waals surface area contributed by atoms with Gasteiger partial charge in [-0.05, 0) is 25.1 Å². The summed E-state index contributed by atoms with van der Waals surface area (Å²) < 4.78 is 5.22. The summed E-state index contributed by atoms with van der Waals surface area (Å²) in [7, 11) is 1.46. The Morgan fingerprint density at radius 2 is 1.83 bits per heavy atom. The van der Waals surface area contributed by atoms with Crippen LogP contribution in [0, 0.1) is 17.0 Å². The summed E-state index contributed by atoms with van der Waals surface area (Å²) in [6.07, 6.45) is 0. The van der Waals surface area contributed by atoms with Crippen molar-refractivity contribution >= 4 is 28.2 Å². The average Bonchev–Trinajstić information content (AvgIpc) is 2.55. The molecule has 2 aromatic carbocycles. The highest BCUT2D eigenvalue weighted by atomic mass is 16.6. The number of aryl methyl sites for hydroxylation is 1. The molecule has 0 aliphatic rings. The van der Waals surface area contributed by atoms with Crippen LogP contribution in [0.4, 0.5) is 17.2 Å². The van der Waals surface area contributed by atoms with Crippen LogP contribution in [0.1, 0.15) is 5.69 Å². The van der Waals surface area contributed by atoms with Gasteiger partial charge in [-0.3, -0.25) is 10.1 Å². The molecule has 0 radical (unpaired) electrons. The van der Waals surface area contributed by atoms with E-state index in [2.05, 4.69) is 15.3 Å². The maximum absolute atomic E-state index is 10.8. The van der Waals surface area contributed by atoms with Crippen molar-refractivity contribution in [3.63, 3.8) is 0 Å². The molecule has 0 atom stereocenters. The number of rotatable bonds is 4. The van der Waals surface area contributed by atoms with Crippen LogP contribution in [0.2, 0.25) is 0 Å². The molecule has 1 N–H and O–H groups in total. The van der Waals surface area contributed by atoms with E-state index in [1.807, 2.05) is 31.2 Å². The second-order valence-corrected chi connectivity index (χ2v) is 4.91. The monoisotopic (exact) mass is 310 g/mol. The number of fused-ring (bicyclic) bond motifs is 1. The third kappa shape index (κ3) is 2.89. The summed E-state index contributed by atoms with van der Waals surface area (Å²) >= 11 is 0. The minimum Gasteiger partial charge on any atom is -0.494 e. The molecule has 116 valence electrons. The molecule has 3 rings (SSSR count). The minimum absolute atomic E-state index is 0.0336. The third-order valence-corrected chi connectivity index (χ3v) is 3.39. The summed E-state index contributed by atoms with van der Waals surface area (Å²) in [6.45, 7) is 1.85. The summed E-state index contributed by atoms with van der Waals surface area (Å²) in [6, 6.07) is 11.9. The first-order valence-electron chi connectivity index (χ1n) is 6.91. The number of methoxy groups -OCH3 is 1. The lowest BCUT2D eigenvalue weighted by molar-refractivity contribution is -0.384. The number of non-ortho nitro benzene ring substituents is 1. The van der Waals surface area contributed by atoms with Crippen LogP contribution in [-0.2, 0) is 0 Å². The molecule has 7 nitrogen and oxygen atoms in total. The number of hydrogen-bond donors (Lipinski definition) is 1. The topological polar surface area (TPSA) is 90.2 Å². The quantitative estimate of drug-likeness (QED) is 0.585. The van der Waals surface area contributed by atoms with Gasteiger partial charge in [-0.2, -0.15) is 0 Å². The molecular formula is C16H14N4O3. The molecule has 0 unspecified atom stereocenters. The van der Waals surface area contributed by atoms with Crippen LogP contribution >= 0.6 is 0 Å². The van der Waals surface area contributed by atoms with Gasteiger partial charge in [-0.1, -0.05) is 12.1 Å². The summed E-state index contributed by atoms with van der Waals surface area (Å²) in [5.41, 5.74) is 2.86. The van der Waals surface area contributed by atoms with Gasteiger partial charge in [0, 0.05) is 6.07 Å². The number of anilines is 2. The Bertz CT molecular complexity index is 896. The minimum atomic E-state index is -0.465. The zero-order valence-corrected chi connectivity index (χ0v) is 12.6. The average molecular weight is 310 g/mol. The van der Waals surface area contributed by atoms with E-state index < -0.39 is 4.92 Å².